The van der Waals surface area contributed by atoms with Crippen molar-refractivity contribution >= 4 is 22.4 Å². The fourth-order valence-electron chi connectivity index (χ4n) is 1.66. The summed E-state index contributed by atoms with van der Waals surface area (Å²) < 4.78 is 1.52. The van der Waals surface area contributed by atoms with E-state index in [9.17, 15) is 4.79 Å². The van der Waals surface area contributed by atoms with Crippen LogP contribution in [-0.2, 0) is 4.79 Å². The van der Waals surface area contributed by atoms with Gasteiger partial charge in [0.2, 0.25) is 0 Å². The van der Waals surface area contributed by atoms with Crippen LogP contribution in [0.5, 0.6) is 0 Å². The van der Waals surface area contributed by atoms with Gasteiger partial charge in [-0.25, -0.2) is 14.6 Å². The van der Waals surface area contributed by atoms with Crippen LogP contribution in [0.3, 0.4) is 0 Å². The first-order chi connectivity index (χ1) is 8.74. The van der Waals surface area contributed by atoms with Gasteiger partial charge >= 0.3 is 0 Å². The highest BCUT2D eigenvalue weighted by atomic mass is 32.1. The number of hydrogen-bond acceptors (Lipinski definition) is 5. The van der Waals surface area contributed by atoms with Crippen molar-refractivity contribution in [1.29, 1.82) is 0 Å². The molecule has 18 heavy (non-hydrogen) atoms. The van der Waals surface area contributed by atoms with E-state index in [4.69, 9.17) is 0 Å². The smallest absolute Gasteiger partial charge is 0.250 e. The molecule has 7 heteroatoms. The van der Waals surface area contributed by atoms with E-state index in [1.54, 1.807) is 6.92 Å². The van der Waals surface area contributed by atoms with Crippen molar-refractivity contribution in [3.05, 3.63) is 23.7 Å². The average Bonchev–Trinajstić information content (AvgIpc) is 2.91. The highest BCUT2D eigenvalue weighted by Crippen LogP contribution is 2.40. The summed E-state index contributed by atoms with van der Waals surface area (Å²) in [5.41, 5.74) is 1.10. The summed E-state index contributed by atoms with van der Waals surface area (Å²) in [6, 6.07) is -0.388. The molecule has 0 aromatic carbocycles. The molecule has 3 rings (SSSR count). The van der Waals surface area contributed by atoms with E-state index >= 15 is 0 Å². The number of nitrogens with zero attached hydrogens (tertiary/aromatic N) is 4. The van der Waals surface area contributed by atoms with Crippen molar-refractivity contribution in [2.45, 2.75) is 31.7 Å². The van der Waals surface area contributed by atoms with Crippen LogP contribution < -0.4 is 5.32 Å². The third-order valence-electron chi connectivity index (χ3n) is 2.96. The van der Waals surface area contributed by atoms with E-state index in [1.165, 1.54) is 41.5 Å². The molecule has 1 N–H and O–H groups in total. The van der Waals surface area contributed by atoms with Crippen molar-refractivity contribution in [3.63, 3.8) is 0 Å². The first kappa shape index (κ1) is 11.3. The lowest BCUT2D eigenvalue weighted by Crippen LogP contribution is -2.23. The Morgan fingerprint density at radius 3 is 3.11 bits per heavy atom. The normalized spacial score (nSPS) is 16.5. The Labute approximate surface area is 108 Å². The molecule has 0 unspecified atom stereocenters. The molecule has 94 valence electrons. The Morgan fingerprint density at radius 2 is 2.44 bits per heavy atom. The number of nitrogens with one attached hydrogen (secondary N) is 1. The van der Waals surface area contributed by atoms with Gasteiger partial charge in [-0.1, -0.05) is 0 Å². The van der Waals surface area contributed by atoms with Crippen LogP contribution in [0, 0.1) is 0 Å². The summed E-state index contributed by atoms with van der Waals surface area (Å²) in [4.78, 5) is 20.2. The molecule has 0 spiro atoms. The van der Waals surface area contributed by atoms with Gasteiger partial charge in [-0.3, -0.25) is 4.79 Å². The first-order valence-electron chi connectivity index (χ1n) is 5.84. The molecule has 1 atom stereocenters. The van der Waals surface area contributed by atoms with E-state index < -0.39 is 0 Å². The lowest BCUT2D eigenvalue weighted by Gasteiger charge is -2.09. The quantitative estimate of drug-likeness (QED) is 0.913. The fourth-order valence-corrected chi connectivity index (χ4v) is 2.45. The van der Waals surface area contributed by atoms with Crippen molar-refractivity contribution < 1.29 is 4.79 Å². The van der Waals surface area contributed by atoms with E-state index in [1.807, 2.05) is 5.38 Å². The molecule has 1 fully saturated rings. The van der Waals surface area contributed by atoms with Gasteiger partial charge in [-0.2, -0.15) is 5.10 Å². The highest BCUT2D eigenvalue weighted by Gasteiger charge is 2.26. The van der Waals surface area contributed by atoms with Gasteiger partial charge in [-0.05, 0) is 19.8 Å². The largest absolute Gasteiger partial charge is 0.300 e. The van der Waals surface area contributed by atoms with Crippen molar-refractivity contribution in [3.8, 4) is 0 Å². The molecule has 6 nitrogen and oxygen atoms in total. The van der Waals surface area contributed by atoms with Crippen molar-refractivity contribution in [2.24, 2.45) is 0 Å². The molecule has 0 saturated heterocycles. The zero-order valence-electron chi connectivity index (χ0n) is 9.91. The molecule has 1 amide bonds. The molecule has 1 saturated carbocycles. The first-order valence-corrected chi connectivity index (χ1v) is 6.72. The molecular formula is C11H13N5OS. The number of carbonyl (C=O) groups excluding carboxylic acids is 1. The Morgan fingerprint density at radius 1 is 1.61 bits per heavy atom. The van der Waals surface area contributed by atoms with Crippen LogP contribution in [0.15, 0.2) is 18.0 Å². The summed E-state index contributed by atoms with van der Waals surface area (Å²) in [6.07, 6.45) is 5.37. The molecule has 0 radical (unpaired) electrons. The zero-order valence-corrected chi connectivity index (χ0v) is 10.7. The number of aromatic nitrogens is 4. The van der Waals surface area contributed by atoms with E-state index in [2.05, 4.69) is 20.4 Å². The summed E-state index contributed by atoms with van der Waals surface area (Å²) >= 11 is 1.47. The third kappa shape index (κ3) is 2.26. The summed E-state index contributed by atoms with van der Waals surface area (Å²) in [5.74, 6) is 0.483. The van der Waals surface area contributed by atoms with E-state index in [0.717, 1.165) is 5.69 Å². The Bertz CT molecular complexity index is 546. The number of rotatable bonds is 4. The third-order valence-corrected chi connectivity index (χ3v) is 3.74. The molecule has 1 aliphatic rings. The maximum atomic E-state index is 12.0. The Kier molecular flexibility index (Phi) is 2.83. The van der Waals surface area contributed by atoms with E-state index in [-0.39, 0.29) is 11.9 Å². The van der Waals surface area contributed by atoms with Gasteiger partial charge in [0.05, 0.1) is 5.69 Å². The Balaban J connectivity index is 1.66. The number of thiazole rings is 1. The molecule has 2 aromatic rings. The minimum Gasteiger partial charge on any atom is -0.300 e. The van der Waals surface area contributed by atoms with Gasteiger partial charge in [0.1, 0.15) is 18.7 Å². The predicted octanol–water partition coefficient (Wildman–Crippen LogP) is 1.81. The molecule has 1 aliphatic carbocycles. The van der Waals surface area contributed by atoms with Crippen LogP contribution in [0.25, 0.3) is 0 Å². The average molecular weight is 263 g/mol. The van der Waals surface area contributed by atoms with Crippen LogP contribution in [-0.4, -0.2) is 25.7 Å². The van der Waals surface area contributed by atoms with E-state index in [0.29, 0.717) is 11.0 Å². The van der Waals surface area contributed by atoms with Crippen molar-refractivity contribution in [1.82, 2.24) is 19.7 Å². The topological polar surface area (TPSA) is 72.7 Å². The second kappa shape index (κ2) is 4.49. The minimum absolute atomic E-state index is 0.128. The predicted molar refractivity (Wildman–Crippen MR) is 67.5 cm³/mol. The van der Waals surface area contributed by atoms with Gasteiger partial charge < -0.3 is 5.32 Å². The number of hydrogen-bond donors (Lipinski definition) is 1. The fraction of sp³-hybridized carbons (Fsp3) is 0.455. The molecule has 2 aromatic heterocycles. The minimum atomic E-state index is -0.388. The summed E-state index contributed by atoms with van der Waals surface area (Å²) in [5, 5.41) is 9.45. The summed E-state index contributed by atoms with van der Waals surface area (Å²) in [6.45, 7) is 1.78. The van der Waals surface area contributed by atoms with Gasteiger partial charge in [0.25, 0.3) is 5.91 Å². The maximum absolute atomic E-state index is 12.0. The summed E-state index contributed by atoms with van der Waals surface area (Å²) in [7, 11) is 0. The molecule has 0 bridgehead atoms. The molecule has 2 heterocycles. The second-order valence-corrected chi connectivity index (χ2v) is 5.25. The van der Waals surface area contributed by atoms with Crippen LogP contribution >= 0.6 is 11.3 Å². The van der Waals surface area contributed by atoms with Crippen LogP contribution in [0.1, 0.15) is 37.4 Å². The number of carbonyl (C=O) groups is 1. The van der Waals surface area contributed by atoms with Crippen molar-refractivity contribution in [2.75, 3.05) is 5.32 Å². The Hall–Kier alpha value is -1.76. The standard InChI is InChI=1S/C11H13N5OS/c1-7(16-6-12-5-13-16)10(17)15-11-14-9(4-18-11)8-2-3-8/h4-8H,2-3H2,1H3,(H,14,15,17)/t7-/m0/s1. The monoisotopic (exact) mass is 263 g/mol. The highest BCUT2D eigenvalue weighted by molar-refractivity contribution is 7.13. The molecular weight excluding hydrogens is 250 g/mol. The zero-order chi connectivity index (χ0) is 12.5. The number of anilines is 1. The van der Waals surface area contributed by atoms with Gasteiger partial charge in [0, 0.05) is 11.3 Å². The lowest BCUT2D eigenvalue weighted by atomic mass is 10.3. The van der Waals surface area contributed by atoms with Crippen LogP contribution in [0.2, 0.25) is 0 Å². The maximum Gasteiger partial charge on any atom is 0.250 e. The second-order valence-electron chi connectivity index (χ2n) is 4.39. The van der Waals surface area contributed by atoms with Crippen LogP contribution in [0.4, 0.5) is 5.13 Å². The van der Waals surface area contributed by atoms with Gasteiger partial charge in [-0.15, -0.1) is 11.3 Å². The molecule has 0 aliphatic heterocycles. The number of amides is 1. The lowest BCUT2D eigenvalue weighted by molar-refractivity contribution is -0.119. The van der Waals surface area contributed by atoms with Gasteiger partial charge in [0.15, 0.2) is 5.13 Å². The SMILES string of the molecule is C[C@@H](C(=O)Nc1nc(C2CC2)cs1)n1cncn1.